The van der Waals surface area contributed by atoms with E-state index in [1.165, 1.54) is 5.56 Å². The maximum atomic E-state index is 12.5. The monoisotopic (exact) mass is 333 g/mol. The van der Waals surface area contributed by atoms with E-state index in [2.05, 4.69) is 26.0 Å². The van der Waals surface area contributed by atoms with Crippen molar-refractivity contribution in [3.8, 4) is 5.75 Å². The van der Waals surface area contributed by atoms with Crippen LogP contribution >= 0.6 is 0 Å². The Morgan fingerprint density at radius 2 is 2.12 bits per heavy atom. The van der Waals surface area contributed by atoms with Crippen LogP contribution in [0.3, 0.4) is 0 Å². The molecule has 1 heterocycles. The van der Waals surface area contributed by atoms with Gasteiger partial charge >= 0.3 is 5.97 Å². The van der Waals surface area contributed by atoms with Crippen molar-refractivity contribution < 1.29 is 19.4 Å². The van der Waals surface area contributed by atoms with Crippen molar-refractivity contribution in [2.45, 2.75) is 45.4 Å². The second kappa shape index (κ2) is 8.18. The molecule has 1 aliphatic rings. The minimum absolute atomic E-state index is 0.0259. The van der Waals surface area contributed by atoms with Crippen LogP contribution in [0, 0.1) is 5.92 Å². The lowest BCUT2D eigenvalue weighted by molar-refractivity contribution is -0.145. The Hall–Kier alpha value is -2.04. The molecule has 132 valence electrons. The van der Waals surface area contributed by atoms with Crippen LogP contribution in [0.2, 0.25) is 0 Å². The molecule has 1 unspecified atom stereocenters. The SMILES string of the molecule is COc1ccc(C(C)C)cc1CCC(=O)N1CCCC(C(=O)O)C1. The van der Waals surface area contributed by atoms with Gasteiger partial charge in [0, 0.05) is 19.5 Å². The van der Waals surface area contributed by atoms with Crippen molar-refractivity contribution >= 4 is 11.9 Å². The number of hydrogen-bond acceptors (Lipinski definition) is 3. The second-order valence-corrected chi connectivity index (χ2v) is 6.74. The molecule has 1 atom stereocenters. The zero-order valence-corrected chi connectivity index (χ0v) is 14.7. The molecule has 5 heteroatoms. The number of methoxy groups -OCH3 is 1. The van der Waals surface area contributed by atoms with Gasteiger partial charge in [0.2, 0.25) is 5.91 Å². The highest BCUT2D eigenvalue weighted by Crippen LogP contribution is 2.26. The van der Waals surface area contributed by atoms with Crippen LogP contribution in [0.15, 0.2) is 18.2 Å². The number of benzene rings is 1. The second-order valence-electron chi connectivity index (χ2n) is 6.74. The Morgan fingerprint density at radius 3 is 2.75 bits per heavy atom. The fourth-order valence-corrected chi connectivity index (χ4v) is 3.16. The summed E-state index contributed by atoms with van der Waals surface area (Å²) < 4.78 is 5.40. The number of amides is 1. The van der Waals surface area contributed by atoms with Crippen LogP contribution in [0.1, 0.15) is 50.2 Å². The number of hydrogen-bond donors (Lipinski definition) is 1. The summed E-state index contributed by atoms with van der Waals surface area (Å²) in [7, 11) is 1.64. The quantitative estimate of drug-likeness (QED) is 0.869. The number of nitrogens with zero attached hydrogens (tertiary/aromatic N) is 1. The molecule has 1 saturated heterocycles. The molecular weight excluding hydrogens is 306 g/mol. The molecule has 1 aromatic carbocycles. The summed E-state index contributed by atoms with van der Waals surface area (Å²) in [5, 5.41) is 9.14. The number of carboxylic acid groups (broad SMARTS) is 1. The van der Waals surface area contributed by atoms with Gasteiger partial charge in [0.25, 0.3) is 0 Å². The highest BCUT2D eigenvalue weighted by Gasteiger charge is 2.27. The molecule has 0 radical (unpaired) electrons. The lowest BCUT2D eigenvalue weighted by atomic mass is 9.96. The standard InChI is InChI=1S/C19H27NO4/c1-13(2)14-6-8-17(24-3)15(11-14)7-9-18(21)20-10-4-5-16(12-20)19(22)23/h6,8,11,13,16H,4-5,7,9-10,12H2,1-3H3,(H,22,23). The van der Waals surface area contributed by atoms with E-state index in [4.69, 9.17) is 9.84 Å². The minimum Gasteiger partial charge on any atom is -0.496 e. The predicted octanol–water partition coefficient (Wildman–Crippen LogP) is 3.07. The van der Waals surface area contributed by atoms with E-state index in [0.29, 0.717) is 38.3 Å². The van der Waals surface area contributed by atoms with Crippen molar-refractivity contribution in [3.63, 3.8) is 0 Å². The number of likely N-dealkylation sites (tertiary alicyclic amines) is 1. The third kappa shape index (κ3) is 4.49. The number of carbonyl (C=O) groups excluding carboxylic acids is 1. The van der Waals surface area contributed by atoms with Crippen LogP contribution < -0.4 is 4.74 Å². The molecule has 1 aliphatic heterocycles. The van der Waals surface area contributed by atoms with Gasteiger partial charge in [-0.1, -0.05) is 26.0 Å². The van der Waals surface area contributed by atoms with Crippen LogP contribution in [-0.2, 0) is 16.0 Å². The van der Waals surface area contributed by atoms with Crippen molar-refractivity contribution in [2.75, 3.05) is 20.2 Å². The fourth-order valence-electron chi connectivity index (χ4n) is 3.16. The molecule has 5 nitrogen and oxygen atoms in total. The molecule has 2 rings (SSSR count). The van der Waals surface area contributed by atoms with E-state index in [0.717, 1.165) is 17.7 Å². The highest BCUT2D eigenvalue weighted by atomic mass is 16.5. The number of carboxylic acids is 1. The maximum absolute atomic E-state index is 12.5. The lowest BCUT2D eigenvalue weighted by Crippen LogP contribution is -2.42. The number of ether oxygens (including phenoxy) is 1. The first-order chi connectivity index (χ1) is 11.4. The first-order valence-electron chi connectivity index (χ1n) is 8.59. The summed E-state index contributed by atoms with van der Waals surface area (Å²) >= 11 is 0. The summed E-state index contributed by atoms with van der Waals surface area (Å²) in [6.07, 6.45) is 2.40. The molecule has 0 spiro atoms. The Bertz CT molecular complexity index is 597. The van der Waals surface area contributed by atoms with Gasteiger partial charge in [-0.2, -0.15) is 0 Å². The molecule has 1 aromatic rings. The summed E-state index contributed by atoms with van der Waals surface area (Å²) in [5.41, 5.74) is 2.26. The lowest BCUT2D eigenvalue weighted by Gasteiger charge is -2.30. The molecule has 24 heavy (non-hydrogen) atoms. The molecule has 0 bridgehead atoms. The summed E-state index contributed by atoms with van der Waals surface area (Å²) in [4.78, 5) is 25.3. The van der Waals surface area contributed by atoms with E-state index in [1.54, 1.807) is 12.0 Å². The Kier molecular flexibility index (Phi) is 6.23. The number of carbonyl (C=O) groups is 2. The fraction of sp³-hybridized carbons (Fsp3) is 0.579. The Balaban J connectivity index is 2.00. The van der Waals surface area contributed by atoms with Gasteiger partial charge in [-0.05, 0) is 42.4 Å². The van der Waals surface area contributed by atoms with Gasteiger partial charge in [0.05, 0.1) is 13.0 Å². The van der Waals surface area contributed by atoms with Crippen LogP contribution in [-0.4, -0.2) is 42.1 Å². The minimum atomic E-state index is -0.807. The largest absolute Gasteiger partial charge is 0.496 e. The molecule has 1 fully saturated rings. The maximum Gasteiger partial charge on any atom is 0.308 e. The number of piperidine rings is 1. The molecular formula is C19H27NO4. The van der Waals surface area contributed by atoms with Crippen molar-refractivity contribution in [3.05, 3.63) is 29.3 Å². The van der Waals surface area contributed by atoms with Crippen molar-refractivity contribution in [2.24, 2.45) is 5.92 Å². The molecule has 1 N–H and O–H groups in total. The van der Waals surface area contributed by atoms with Gasteiger partial charge in [0.1, 0.15) is 5.75 Å². The summed E-state index contributed by atoms with van der Waals surface area (Å²) in [6, 6.07) is 6.11. The van der Waals surface area contributed by atoms with Gasteiger partial charge in [-0.25, -0.2) is 0 Å². The zero-order chi connectivity index (χ0) is 17.7. The van der Waals surface area contributed by atoms with Crippen molar-refractivity contribution in [1.29, 1.82) is 0 Å². The van der Waals surface area contributed by atoms with E-state index < -0.39 is 11.9 Å². The smallest absolute Gasteiger partial charge is 0.308 e. The predicted molar refractivity (Wildman–Crippen MR) is 92.3 cm³/mol. The normalized spacial score (nSPS) is 17.8. The van der Waals surface area contributed by atoms with Gasteiger partial charge in [-0.3, -0.25) is 9.59 Å². The average Bonchev–Trinajstić information content (AvgIpc) is 2.59. The summed E-state index contributed by atoms with van der Waals surface area (Å²) in [5.74, 6) is 0.0105. The van der Waals surface area contributed by atoms with Crippen molar-refractivity contribution in [1.82, 2.24) is 4.90 Å². The van der Waals surface area contributed by atoms with E-state index in [-0.39, 0.29) is 5.91 Å². The third-order valence-electron chi connectivity index (χ3n) is 4.70. The summed E-state index contributed by atoms with van der Waals surface area (Å²) in [6.45, 7) is 5.26. The first-order valence-corrected chi connectivity index (χ1v) is 8.59. The first kappa shape index (κ1) is 18.3. The Morgan fingerprint density at radius 1 is 1.38 bits per heavy atom. The highest BCUT2D eigenvalue weighted by molar-refractivity contribution is 5.78. The van der Waals surface area contributed by atoms with Crippen LogP contribution in [0.4, 0.5) is 0 Å². The average molecular weight is 333 g/mol. The van der Waals surface area contributed by atoms with E-state index >= 15 is 0 Å². The molecule has 0 saturated carbocycles. The van der Waals surface area contributed by atoms with E-state index in [9.17, 15) is 9.59 Å². The third-order valence-corrected chi connectivity index (χ3v) is 4.70. The van der Waals surface area contributed by atoms with Crippen LogP contribution in [0.5, 0.6) is 5.75 Å². The van der Waals surface area contributed by atoms with Gasteiger partial charge in [-0.15, -0.1) is 0 Å². The number of rotatable bonds is 6. The number of aliphatic carboxylic acids is 1. The number of aryl methyl sites for hydroxylation is 1. The molecule has 0 aromatic heterocycles. The molecule has 1 amide bonds. The van der Waals surface area contributed by atoms with Crippen LogP contribution in [0.25, 0.3) is 0 Å². The molecule has 0 aliphatic carbocycles. The Labute approximate surface area is 143 Å². The van der Waals surface area contributed by atoms with Gasteiger partial charge < -0.3 is 14.7 Å². The van der Waals surface area contributed by atoms with Gasteiger partial charge in [0.15, 0.2) is 0 Å². The topological polar surface area (TPSA) is 66.8 Å². The zero-order valence-electron chi connectivity index (χ0n) is 14.7. The van der Waals surface area contributed by atoms with E-state index in [1.807, 2.05) is 6.07 Å².